The summed E-state index contributed by atoms with van der Waals surface area (Å²) in [6, 6.07) is -0.0944. The molecular formula is C15H25NO5. The monoisotopic (exact) mass is 299 g/mol. The van der Waals surface area contributed by atoms with E-state index in [9.17, 15) is 9.59 Å². The van der Waals surface area contributed by atoms with Crippen molar-refractivity contribution >= 4 is 12.1 Å². The van der Waals surface area contributed by atoms with Gasteiger partial charge in [0.25, 0.3) is 0 Å². The Hall–Kier alpha value is -1.30. The molecule has 0 aromatic heterocycles. The van der Waals surface area contributed by atoms with Crippen LogP contribution in [0.4, 0.5) is 4.79 Å². The van der Waals surface area contributed by atoms with Gasteiger partial charge in [0.2, 0.25) is 0 Å². The Kier molecular flexibility index (Phi) is 4.76. The number of hydrogen-bond acceptors (Lipinski definition) is 5. The van der Waals surface area contributed by atoms with E-state index in [4.69, 9.17) is 14.2 Å². The van der Waals surface area contributed by atoms with Gasteiger partial charge in [-0.1, -0.05) is 0 Å². The first-order chi connectivity index (χ1) is 9.81. The Morgan fingerprint density at radius 2 is 2.00 bits per heavy atom. The van der Waals surface area contributed by atoms with Gasteiger partial charge in [-0.25, -0.2) is 4.79 Å². The lowest BCUT2D eigenvalue weighted by molar-refractivity contribution is -0.148. The van der Waals surface area contributed by atoms with Crippen LogP contribution in [0, 0.1) is 5.92 Å². The molecule has 3 atom stereocenters. The van der Waals surface area contributed by atoms with Gasteiger partial charge in [-0.2, -0.15) is 0 Å². The first-order valence-corrected chi connectivity index (χ1v) is 7.59. The second kappa shape index (κ2) is 6.22. The Morgan fingerprint density at radius 3 is 2.62 bits per heavy atom. The number of fused-ring (bicyclic) bond motifs is 1. The summed E-state index contributed by atoms with van der Waals surface area (Å²) in [4.78, 5) is 25.9. The molecule has 0 N–H and O–H groups in total. The van der Waals surface area contributed by atoms with Gasteiger partial charge in [0.1, 0.15) is 5.60 Å². The van der Waals surface area contributed by atoms with Gasteiger partial charge >= 0.3 is 12.1 Å². The third-order valence-electron chi connectivity index (χ3n) is 3.78. The maximum atomic E-state index is 12.3. The smallest absolute Gasteiger partial charge is 0.410 e. The highest BCUT2D eigenvalue weighted by Crippen LogP contribution is 2.35. The summed E-state index contributed by atoms with van der Waals surface area (Å²) in [7, 11) is 0. The molecule has 1 amide bonds. The van der Waals surface area contributed by atoms with Crippen LogP contribution in [0.5, 0.6) is 0 Å². The van der Waals surface area contributed by atoms with Crippen molar-refractivity contribution in [2.45, 2.75) is 58.3 Å². The molecule has 0 aromatic rings. The lowest BCUT2D eigenvalue weighted by Gasteiger charge is -2.38. The van der Waals surface area contributed by atoms with E-state index in [1.165, 1.54) is 0 Å². The number of rotatable bonds is 2. The second-order valence-corrected chi connectivity index (χ2v) is 6.57. The molecule has 1 saturated heterocycles. The summed E-state index contributed by atoms with van der Waals surface area (Å²) in [6.45, 7) is 8.70. The molecule has 2 fully saturated rings. The minimum Gasteiger partial charge on any atom is -0.466 e. The number of amides is 1. The Bertz CT molecular complexity index is 403. The molecule has 2 aliphatic rings. The third-order valence-corrected chi connectivity index (χ3v) is 3.78. The molecule has 0 spiro atoms. The van der Waals surface area contributed by atoms with Crippen LogP contribution in [-0.2, 0) is 19.0 Å². The molecule has 6 nitrogen and oxygen atoms in total. The van der Waals surface area contributed by atoms with Crippen LogP contribution in [0.2, 0.25) is 0 Å². The van der Waals surface area contributed by atoms with Crippen LogP contribution in [0.3, 0.4) is 0 Å². The molecular weight excluding hydrogens is 274 g/mol. The summed E-state index contributed by atoms with van der Waals surface area (Å²) < 4.78 is 16.2. The van der Waals surface area contributed by atoms with E-state index in [-0.39, 0.29) is 30.1 Å². The summed E-state index contributed by atoms with van der Waals surface area (Å²) in [5.74, 6) is -0.386. The zero-order chi connectivity index (χ0) is 15.6. The topological polar surface area (TPSA) is 65.1 Å². The third kappa shape index (κ3) is 3.87. The van der Waals surface area contributed by atoms with Crippen molar-refractivity contribution in [2.24, 2.45) is 5.92 Å². The van der Waals surface area contributed by atoms with E-state index in [2.05, 4.69) is 0 Å². The van der Waals surface area contributed by atoms with Crippen molar-refractivity contribution in [3.63, 3.8) is 0 Å². The molecule has 1 aliphatic carbocycles. The molecule has 6 heteroatoms. The second-order valence-electron chi connectivity index (χ2n) is 6.57. The van der Waals surface area contributed by atoms with Gasteiger partial charge in [0.05, 0.1) is 31.3 Å². The van der Waals surface area contributed by atoms with E-state index in [0.717, 1.165) is 0 Å². The van der Waals surface area contributed by atoms with Crippen molar-refractivity contribution in [1.82, 2.24) is 4.90 Å². The summed E-state index contributed by atoms with van der Waals surface area (Å²) in [5, 5.41) is 0. The number of esters is 1. The van der Waals surface area contributed by atoms with Crippen molar-refractivity contribution in [1.29, 1.82) is 0 Å². The fourth-order valence-electron chi connectivity index (χ4n) is 2.95. The number of carbonyl (C=O) groups excluding carboxylic acids is 2. The van der Waals surface area contributed by atoms with Crippen LogP contribution in [0.25, 0.3) is 0 Å². The molecule has 0 radical (unpaired) electrons. The Morgan fingerprint density at radius 1 is 1.29 bits per heavy atom. The molecule has 120 valence electrons. The van der Waals surface area contributed by atoms with E-state index in [1.54, 1.807) is 11.8 Å². The average Bonchev–Trinajstić information content (AvgIpc) is 2.80. The summed E-state index contributed by atoms with van der Waals surface area (Å²) in [5.41, 5.74) is -0.524. The van der Waals surface area contributed by atoms with Crippen LogP contribution in [-0.4, -0.2) is 54.5 Å². The molecule has 1 heterocycles. The predicted molar refractivity (Wildman–Crippen MR) is 75.8 cm³/mol. The standard InChI is InChI=1S/C15H25NO5/c1-5-19-13(17)10-8-11-12(9-10)20-7-6-16(11)14(18)21-15(2,3)4/h10-12H,5-9H2,1-4H3/t10-,11-,12+/m1/s1. The molecule has 0 unspecified atom stereocenters. The number of nitrogens with zero attached hydrogens (tertiary/aromatic N) is 1. The Labute approximate surface area is 125 Å². The SMILES string of the molecule is CCOC(=O)[C@H]1C[C@@H]2OCCN(C(=O)OC(C)(C)C)[C@@H]2C1. The van der Waals surface area contributed by atoms with Gasteiger partial charge in [0, 0.05) is 6.54 Å². The summed E-state index contributed by atoms with van der Waals surface area (Å²) in [6.07, 6.45) is 0.775. The minimum atomic E-state index is -0.524. The normalized spacial score (nSPS) is 29.0. The largest absolute Gasteiger partial charge is 0.466 e. The van der Waals surface area contributed by atoms with Gasteiger partial charge < -0.3 is 19.1 Å². The highest BCUT2D eigenvalue weighted by atomic mass is 16.6. The van der Waals surface area contributed by atoms with Crippen LogP contribution in [0.1, 0.15) is 40.5 Å². The summed E-state index contributed by atoms with van der Waals surface area (Å²) >= 11 is 0. The highest BCUT2D eigenvalue weighted by Gasteiger charge is 2.46. The first-order valence-electron chi connectivity index (χ1n) is 7.59. The van der Waals surface area contributed by atoms with Gasteiger partial charge in [-0.15, -0.1) is 0 Å². The molecule has 2 rings (SSSR count). The molecule has 0 aromatic carbocycles. The molecule has 1 aliphatic heterocycles. The van der Waals surface area contributed by atoms with Crippen LogP contribution >= 0.6 is 0 Å². The van der Waals surface area contributed by atoms with Gasteiger partial charge in [-0.3, -0.25) is 4.79 Å². The zero-order valence-electron chi connectivity index (χ0n) is 13.3. The fraction of sp³-hybridized carbons (Fsp3) is 0.867. The van der Waals surface area contributed by atoms with Crippen molar-refractivity contribution in [2.75, 3.05) is 19.8 Å². The first kappa shape index (κ1) is 16.1. The van der Waals surface area contributed by atoms with Gasteiger partial charge in [-0.05, 0) is 40.5 Å². The Balaban J connectivity index is 2.02. The van der Waals surface area contributed by atoms with Crippen LogP contribution in [0.15, 0.2) is 0 Å². The quantitative estimate of drug-likeness (QED) is 0.729. The van der Waals surface area contributed by atoms with E-state index < -0.39 is 5.60 Å². The molecule has 21 heavy (non-hydrogen) atoms. The number of carbonyl (C=O) groups is 2. The van der Waals surface area contributed by atoms with Crippen molar-refractivity contribution in [3.05, 3.63) is 0 Å². The predicted octanol–water partition coefficient (Wildman–Crippen LogP) is 1.96. The van der Waals surface area contributed by atoms with Crippen LogP contribution < -0.4 is 0 Å². The zero-order valence-corrected chi connectivity index (χ0v) is 13.3. The van der Waals surface area contributed by atoms with Crippen molar-refractivity contribution in [3.8, 4) is 0 Å². The number of ether oxygens (including phenoxy) is 3. The maximum Gasteiger partial charge on any atom is 0.410 e. The van der Waals surface area contributed by atoms with Gasteiger partial charge in [0.15, 0.2) is 0 Å². The lowest BCUT2D eigenvalue weighted by atomic mass is 10.1. The van der Waals surface area contributed by atoms with E-state index in [1.807, 2.05) is 20.8 Å². The van der Waals surface area contributed by atoms with E-state index >= 15 is 0 Å². The highest BCUT2D eigenvalue weighted by molar-refractivity contribution is 5.74. The lowest BCUT2D eigenvalue weighted by Crippen LogP contribution is -2.52. The molecule has 0 bridgehead atoms. The number of morpholine rings is 1. The van der Waals surface area contributed by atoms with E-state index in [0.29, 0.717) is 32.6 Å². The fourth-order valence-corrected chi connectivity index (χ4v) is 2.95. The maximum absolute atomic E-state index is 12.3. The minimum absolute atomic E-state index is 0.0944. The average molecular weight is 299 g/mol. The van der Waals surface area contributed by atoms with Crippen molar-refractivity contribution < 1.29 is 23.8 Å². The number of hydrogen-bond donors (Lipinski definition) is 0. The molecule has 1 saturated carbocycles.